The molecule has 0 saturated carbocycles. The summed E-state index contributed by atoms with van der Waals surface area (Å²) >= 11 is 6.59. The maximum Gasteiger partial charge on any atom is 0.193 e. The molecule has 0 aromatic heterocycles. The molecule has 33 heavy (non-hydrogen) atoms. The quantitative estimate of drug-likeness (QED) is 0.426. The number of rotatable bonds is 3. The molecule has 5 heteroatoms. The van der Waals surface area contributed by atoms with Crippen LogP contribution in [0.1, 0.15) is 54.2 Å². The molecule has 0 spiro atoms. The summed E-state index contributed by atoms with van der Waals surface area (Å²) in [6.07, 6.45) is 1.23. The minimum Gasteiger partial charge on any atom is -0.372 e. The average molecular weight is 457 g/mol. The Balaban J connectivity index is 1.62. The molecule has 0 saturated heterocycles. The van der Waals surface area contributed by atoms with Crippen LogP contribution >= 0.6 is 11.6 Å². The zero-order valence-electron chi connectivity index (χ0n) is 18.6. The van der Waals surface area contributed by atoms with Crippen molar-refractivity contribution in [1.29, 1.82) is 0 Å². The van der Waals surface area contributed by atoms with Crippen molar-refractivity contribution in [3.05, 3.63) is 106 Å². The van der Waals surface area contributed by atoms with Crippen LogP contribution in [-0.2, 0) is 4.79 Å². The Kier molecular flexibility index (Phi) is 5.34. The van der Waals surface area contributed by atoms with E-state index >= 15 is 0 Å². The molecule has 1 aliphatic heterocycles. The standard InChI is InChI=1S/C28H25ClN2O2/c1-28(2)15-23-25(24(32)16-28)26(19-10-6-7-11-20(19)29)31-22-14-18(12-13-21(22)30-23)27(33)17-8-4-3-5-9-17/h3-14,26,30-31H,15-16H2,1-2H3. The zero-order chi connectivity index (χ0) is 23.2. The predicted octanol–water partition coefficient (Wildman–Crippen LogP) is 6.79. The van der Waals surface area contributed by atoms with Crippen LogP contribution in [0.5, 0.6) is 0 Å². The fourth-order valence-corrected chi connectivity index (χ4v) is 5.03. The van der Waals surface area contributed by atoms with Crippen molar-refractivity contribution in [2.75, 3.05) is 10.6 Å². The van der Waals surface area contributed by atoms with E-state index in [4.69, 9.17) is 11.6 Å². The van der Waals surface area contributed by atoms with Crippen molar-refractivity contribution in [3.8, 4) is 0 Å². The number of fused-ring (bicyclic) bond motifs is 1. The molecular weight excluding hydrogens is 432 g/mol. The molecule has 1 atom stereocenters. The topological polar surface area (TPSA) is 58.2 Å². The van der Waals surface area contributed by atoms with Gasteiger partial charge in [-0.3, -0.25) is 9.59 Å². The number of benzene rings is 3. The average Bonchev–Trinajstić information content (AvgIpc) is 2.94. The summed E-state index contributed by atoms with van der Waals surface area (Å²) in [5.41, 5.74) is 5.16. The third-order valence-corrected chi connectivity index (χ3v) is 6.67. The number of carbonyl (C=O) groups excluding carboxylic acids is 2. The van der Waals surface area contributed by atoms with Gasteiger partial charge in [0, 0.05) is 33.8 Å². The largest absolute Gasteiger partial charge is 0.372 e. The van der Waals surface area contributed by atoms with Gasteiger partial charge in [0.15, 0.2) is 11.6 Å². The van der Waals surface area contributed by atoms with Gasteiger partial charge in [0.05, 0.1) is 17.4 Å². The first-order chi connectivity index (χ1) is 15.8. The number of hydrogen-bond acceptors (Lipinski definition) is 4. The molecule has 0 amide bonds. The predicted molar refractivity (Wildman–Crippen MR) is 133 cm³/mol. The summed E-state index contributed by atoms with van der Waals surface area (Å²) in [6.45, 7) is 4.23. The highest BCUT2D eigenvalue weighted by molar-refractivity contribution is 6.31. The van der Waals surface area contributed by atoms with Crippen molar-refractivity contribution in [3.63, 3.8) is 0 Å². The third kappa shape index (κ3) is 4.07. The van der Waals surface area contributed by atoms with Gasteiger partial charge in [-0.25, -0.2) is 0 Å². The summed E-state index contributed by atoms with van der Waals surface area (Å²) in [4.78, 5) is 26.4. The van der Waals surface area contributed by atoms with E-state index in [0.29, 0.717) is 22.6 Å². The Hall–Kier alpha value is -3.37. The smallest absolute Gasteiger partial charge is 0.193 e. The first-order valence-electron chi connectivity index (χ1n) is 11.1. The lowest BCUT2D eigenvalue weighted by Crippen LogP contribution is -2.31. The van der Waals surface area contributed by atoms with Crippen molar-refractivity contribution in [2.45, 2.75) is 32.7 Å². The molecule has 4 nitrogen and oxygen atoms in total. The summed E-state index contributed by atoms with van der Waals surface area (Å²) < 4.78 is 0. The normalized spacial score (nSPS) is 19.0. The van der Waals surface area contributed by atoms with Crippen LogP contribution in [0.4, 0.5) is 11.4 Å². The lowest BCUT2D eigenvalue weighted by Gasteiger charge is -2.34. The molecule has 0 fully saturated rings. The molecule has 0 radical (unpaired) electrons. The highest BCUT2D eigenvalue weighted by Gasteiger charge is 2.39. The van der Waals surface area contributed by atoms with Crippen molar-refractivity contribution in [1.82, 2.24) is 0 Å². The van der Waals surface area contributed by atoms with Gasteiger partial charge in [0.2, 0.25) is 0 Å². The molecule has 166 valence electrons. The van der Waals surface area contributed by atoms with Gasteiger partial charge in [-0.15, -0.1) is 0 Å². The van der Waals surface area contributed by atoms with Gasteiger partial charge in [-0.1, -0.05) is 74.0 Å². The van der Waals surface area contributed by atoms with E-state index < -0.39 is 6.04 Å². The highest BCUT2D eigenvalue weighted by atomic mass is 35.5. The van der Waals surface area contributed by atoms with E-state index in [1.54, 1.807) is 0 Å². The first kappa shape index (κ1) is 21.5. The number of allylic oxidation sites excluding steroid dienone is 1. The van der Waals surface area contributed by atoms with Gasteiger partial charge in [0.1, 0.15) is 0 Å². The van der Waals surface area contributed by atoms with Crippen LogP contribution in [-0.4, -0.2) is 11.6 Å². The van der Waals surface area contributed by atoms with E-state index in [1.807, 2.05) is 72.8 Å². The molecule has 1 aliphatic carbocycles. The van der Waals surface area contributed by atoms with Gasteiger partial charge in [0.25, 0.3) is 0 Å². The Morgan fingerprint density at radius 2 is 1.64 bits per heavy atom. The maximum absolute atomic E-state index is 13.4. The number of anilines is 2. The van der Waals surface area contributed by atoms with Crippen LogP contribution in [0.15, 0.2) is 84.1 Å². The molecule has 0 bridgehead atoms. The maximum atomic E-state index is 13.4. The number of nitrogens with one attached hydrogen (secondary N) is 2. The fourth-order valence-electron chi connectivity index (χ4n) is 4.78. The van der Waals surface area contributed by atoms with Gasteiger partial charge >= 0.3 is 0 Å². The van der Waals surface area contributed by atoms with Gasteiger partial charge in [-0.2, -0.15) is 0 Å². The van der Waals surface area contributed by atoms with Crippen molar-refractivity contribution >= 4 is 34.5 Å². The van der Waals surface area contributed by atoms with E-state index in [-0.39, 0.29) is 17.0 Å². The molecule has 1 heterocycles. The number of halogens is 1. The minimum absolute atomic E-state index is 0.0475. The number of ketones is 2. The van der Waals surface area contributed by atoms with Crippen LogP contribution in [0.2, 0.25) is 5.02 Å². The second-order valence-electron chi connectivity index (χ2n) is 9.51. The number of hydrogen-bond donors (Lipinski definition) is 2. The lowest BCUT2D eigenvalue weighted by molar-refractivity contribution is -0.118. The van der Waals surface area contributed by atoms with E-state index in [1.165, 1.54) is 0 Å². The molecule has 2 N–H and O–H groups in total. The minimum atomic E-state index is -0.409. The molecule has 3 aromatic rings. The monoisotopic (exact) mass is 456 g/mol. The highest BCUT2D eigenvalue weighted by Crippen LogP contribution is 2.46. The van der Waals surface area contributed by atoms with Crippen molar-refractivity contribution in [2.24, 2.45) is 5.41 Å². The Morgan fingerprint density at radius 3 is 2.39 bits per heavy atom. The second kappa shape index (κ2) is 8.20. The molecule has 3 aromatic carbocycles. The summed E-state index contributed by atoms with van der Waals surface area (Å²) in [5, 5.41) is 7.65. The fraction of sp³-hybridized carbons (Fsp3) is 0.214. The summed E-state index contributed by atoms with van der Waals surface area (Å²) in [5.74, 6) is 0.0632. The Morgan fingerprint density at radius 1 is 0.909 bits per heavy atom. The molecule has 2 aliphatic rings. The number of Topliss-reactive ketones (excluding diaryl/α,β-unsaturated/α-hetero) is 1. The van der Waals surface area contributed by atoms with E-state index in [2.05, 4.69) is 24.5 Å². The summed E-state index contributed by atoms with van der Waals surface area (Å²) in [7, 11) is 0. The lowest BCUT2D eigenvalue weighted by atomic mass is 9.73. The van der Waals surface area contributed by atoms with Crippen molar-refractivity contribution < 1.29 is 9.59 Å². The second-order valence-corrected chi connectivity index (χ2v) is 9.92. The van der Waals surface area contributed by atoms with Crippen LogP contribution in [0.3, 0.4) is 0 Å². The first-order valence-corrected chi connectivity index (χ1v) is 11.5. The van der Waals surface area contributed by atoms with Crippen LogP contribution < -0.4 is 10.6 Å². The molecule has 1 unspecified atom stereocenters. The molecular formula is C28H25ClN2O2. The summed E-state index contributed by atoms with van der Waals surface area (Å²) in [6, 6.07) is 22.0. The van der Waals surface area contributed by atoms with Crippen LogP contribution in [0.25, 0.3) is 0 Å². The van der Waals surface area contributed by atoms with Gasteiger partial charge < -0.3 is 10.6 Å². The molecule has 5 rings (SSSR count). The SMILES string of the molecule is CC1(C)CC(=O)C2=C(C1)Nc1ccc(C(=O)c3ccccc3)cc1NC2c1ccccc1Cl. The third-order valence-electron chi connectivity index (χ3n) is 6.33. The van der Waals surface area contributed by atoms with Gasteiger partial charge in [-0.05, 0) is 41.7 Å². The number of carbonyl (C=O) groups is 2. The van der Waals surface area contributed by atoms with Crippen LogP contribution in [0, 0.1) is 5.41 Å². The van der Waals surface area contributed by atoms with E-state index in [9.17, 15) is 9.59 Å². The Labute approximate surface area is 198 Å². The van der Waals surface area contributed by atoms with E-state index in [0.717, 1.165) is 34.6 Å². The zero-order valence-corrected chi connectivity index (χ0v) is 19.4. The Bertz CT molecular complexity index is 1290.